The van der Waals surface area contributed by atoms with E-state index in [9.17, 15) is 9.90 Å². The van der Waals surface area contributed by atoms with Gasteiger partial charge in [-0.25, -0.2) is 4.79 Å². The van der Waals surface area contributed by atoms with Crippen LogP contribution in [0.2, 0.25) is 0 Å². The van der Waals surface area contributed by atoms with Crippen LogP contribution in [-0.2, 0) is 0 Å². The van der Waals surface area contributed by atoms with Gasteiger partial charge in [0.05, 0.1) is 5.56 Å². The number of rotatable bonds is 2. The lowest BCUT2D eigenvalue weighted by molar-refractivity contribution is -0.00315. The van der Waals surface area contributed by atoms with E-state index in [0.29, 0.717) is 11.5 Å². The molecule has 0 atom stereocenters. The van der Waals surface area contributed by atoms with Crippen LogP contribution < -0.4 is 0 Å². The lowest BCUT2D eigenvalue weighted by Crippen LogP contribution is -2.44. The van der Waals surface area contributed by atoms with E-state index in [1.54, 1.807) is 6.07 Å². The molecule has 1 aromatic rings. The van der Waals surface area contributed by atoms with Gasteiger partial charge in [0.15, 0.2) is 0 Å². The highest BCUT2D eigenvalue weighted by Crippen LogP contribution is 2.60. The van der Waals surface area contributed by atoms with Gasteiger partial charge in [-0.1, -0.05) is 18.2 Å². The molecule has 4 fully saturated rings. The Morgan fingerprint density at radius 3 is 2.05 bits per heavy atom. The van der Waals surface area contributed by atoms with E-state index in [0.717, 1.165) is 29.2 Å². The van der Waals surface area contributed by atoms with Crippen molar-refractivity contribution in [2.45, 2.75) is 38.0 Å². The second kappa shape index (κ2) is 5.07. The van der Waals surface area contributed by atoms with Gasteiger partial charge < -0.3 is 5.11 Å². The number of halogens is 1. The van der Waals surface area contributed by atoms with Crippen molar-refractivity contribution in [1.82, 2.24) is 0 Å². The molecule has 4 saturated carbocycles. The molecule has 0 radical (unpaired) electrons. The standard InChI is InChI=1S/C17H20O2.ClH/c18-17(19)15-4-2-1-3-14(15)16-12-6-10-5-11(8-12)9-13(16)7-10;/h1-4,10-13,16H,5-9H2,(H,18,19);1H. The Hall–Kier alpha value is -1.02. The Labute approximate surface area is 126 Å². The predicted octanol–water partition coefficient (Wildman–Crippen LogP) is 4.35. The summed E-state index contributed by atoms with van der Waals surface area (Å²) in [6, 6.07) is 7.70. The zero-order chi connectivity index (χ0) is 13.0. The lowest BCUT2D eigenvalue weighted by atomic mass is 9.50. The molecule has 0 aliphatic heterocycles. The third-order valence-electron chi connectivity index (χ3n) is 5.78. The van der Waals surface area contributed by atoms with Crippen molar-refractivity contribution in [2.75, 3.05) is 0 Å². The van der Waals surface area contributed by atoms with Crippen molar-refractivity contribution < 1.29 is 9.90 Å². The van der Waals surface area contributed by atoms with Gasteiger partial charge in [0.25, 0.3) is 0 Å². The van der Waals surface area contributed by atoms with E-state index in [4.69, 9.17) is 0 Å². The van der Waals surface area contributed by atoms with Crippen LogP contribution in [0.15, 0.2) is 24.3 Å². The molecule has 4 aliphatic carbocycles. The van der Waals surface area contributed by atoms with Crippen molar-refractivity contribution in [3.63, 3.8) is 0 Å². The molecule has 0 aromatic heterocycles. The lowest BCUT2D eigenvalue weighted by Gasteiger charge is -2.54. The smallest absolute Gasteiger partial charge is 0.335 e. The highest BCUT2D eigenvalue weighted by atomic mass is 35.5. The largest absolute Gasteiger partial charge is 0.478 e. The average molecular weight is 293 g/mol. The van der Waals surface area contributed by atoms with Crippen molar-refractivity contribution in [3.8, 4) is 0 Å². The average Bonchev–Trinajstić information content (AvgIpc) is 2.37. The minimum absolute atomic E-state index is 0. The summed E-state index contributed by atoms with van der Waals surface area (Å²) in [5, 5.41) is 9.42. The molecule has 2 nitrogen and oxygen atoms in total. The van der Waals surface area contributed by atoms with E-state index >= 15 is 0 Å². The van der Waals surface area contributed by atoms with Crippen molar-refractivity contribution in [2.24, 2.45) is 23.7 Å². The summed E-state index contributed by atoms with van der Waals surface area (Å²) in [7, 11) is 0. The SMILES string of the molecule is Cl.O=C(O)c1ccccc1C1C2CC3CC(C2)CC1C3. The summed E-state index contributed by atoms with van der Waals surface area (Å²) in [6.45, 7) is 0. The first kappa shape index (κ1) is 13.9. The second-order valence-corrected chi connectivity index (χ2v) is 6.85. The summed E-state index contributed by atoms with van der Waals surface area (Å²) < 4.78 is 0. The van der Waals surface area contributed by atoms with Crippen LogP contribution >= 0.6 is 12.4 Å². The first-order chi connectivity index (χ1) is 9.22. The summed E-state index contributed by atoms with van der Waals surface area (Å²) in [6.07, 6.45) is 6.80. The second-order valence-electron chi connectivity index (χ2n) is 6.85. The zero-order valence-electron chi connectivity index (χ0n) is 11.5. The van der Waals surface area contributed by atoms with Gasteiger partial charge in [-0.15, -0.1) is 12.4 Å². The van der Waals surface area contributed by atoms with Crippen LogP contribution in [0.5, 0.6) is 0 Å². The molecule has 5 rings (SSSR count). The Morgan fingerprint density at radius 2 is 1.50 bits per heavy atom. The third-order valence-corrected chi connectivity index (χ3v) is 5.78. The molecule has 1 aromatic carbocycles. The molecule has 0 saturated heterocycles. The van der Waals surface area contributed by atoms with Gasteiger partial charge >= 0.3 is 5.97 Å². The van der Waals surface area contributed by atoms with Gasteiger partial charge in [-0.2, -0.15) is 0 Å². The summed E-state index contributed by atoms with van der Waals surface area (Å²) >= 11 is 0. The van der Waals surface area contributed by atoms with Gasteiger partial charge in [-0.3, -0.25) is 0 Å². The molecule has 4 bridgehead atoms. The van der Waals surface area contributed by atoms with Crippen molar-refractivity contribution >= 4 is 18.4 Å². The van der Waals surface area contributed by atoms with E-state index in [2.05, 4.69) is 6.07 Å². The molecule has 0 amide bonds. The van der Waals surface area contributed by atoms with Crippen LogP contribution in [0.3, 0.4) is 0 Å². The fraction of sp³-hybridized carbons (Fsp3) is 0.588. The Kier molecular flexibility index (Phi) is 3.53. The third kappa shape index (κ3) is 2.05. The van der Waals surface area contributed by atoms with E-state index in [-0.39, 0.29) is 12.4 Å². The van der Waals surface area contributed by atoms with Gasteiger partial charge in [-0.05, 0) is 73.3 Å². The molecule has 20 heavy (non-hydrogen) atoms. The first-order valence-corrected chi connectivity index (χ1v) is 7.54. The molecular formula is C17H21ClO2. The van der Waals surface area contributed by atoms with Gasteiger partial charge in [0, 0.05) is 0 Å². The summed E-state index contributed by atoms with van der Waals surface area (Å²) in [5.41, 5.74) is 1.66. The molecule has 3 heteroatoms. The number of carbonyl (C=O) groups is 1. The Balaban J connectivity index is 0.00000121. The van der Waals surface area contributed by atoms with Crippen LogP contribution in [0.1, 0.15) is 53.9 Å². The van der Waals surface area contributed by atoms with Crippen molar-refractivity contribution in [3.05, 3.63) is 35.4 Å². The maximum absolute atomic E-state index is 11.5. The Bertz CT molecular complexity index is 497. The molecule has 1 N–H and O–H groups in total. The van der Waals surface area contributed by atoms with Gasteiger partial charge in [0.1, 0.15) is 0 Å². The van der Waals surface area contributed by atoms with Crippen LogP contribution in [0, 0.1) is 23.7 Å². The minimum Gasteiger partial charge on any atom is -0.478 e. The normalized spacial score (nSPS) is 37.5. The van der Waals surface area contributed by atoms with Gasteiger partial charge in [0.2, 0.25) is 0 Å². The monoisotopic (exact) mass is 292 g/mol. The first-order valence-electron chi connectivity index (χ1n) is 7.54. The molecular weight excluding hydrogens is 272 g/mol. The molecule has 4 aliphatic rings. The molecule has 0 unspecified atom stereocenters. The van der Waals surface area contributed by atoms with Crippen molar-refractivity contribution in [1.29, 1.82) is 0 Å². The van der Waals surface area contributed by atoms with Crippen LogP contribution in [0.4, 0.5) is 0 Å². The molecule has 0 spiro atoms. The summed E-state index contributed by atoms with van der Waals surface area (Å²) in [5.74, 6) is 3.13. The summed E-state index contributed by atoms with van der Waals surface area (Å²) in [4.78, 5) is 11.5. The van der Waals surface area contributed by atoms with Crippen LogP contribution in [-0.4, -0.2) is 11.1 Å². The number of carboxylic acid groups (broad SMARTS) is 1. The van der Waals surface area contributed by atoms with E-state index < -0.39 is 5.97 Å². The number of carboxylic acids is 1. The number of aromatic carboxylic acids is 1. The fourth-order valence-corrected chi connectivity index (χ4v) is 5.42. The predicted molar refractivity (Wildman–Crippen MR) is 80.4 cm³/mol. The quantitative estimate of drug-likeness (QED) is 0.880. The molecule has 108 valence electrons. The van der Waals surface area contributed by atoms with E-state index in [1.165, 1.54) is 32.1 Å². The maximum Gasteiger partial charge on any atom is 0.335 e. The highest BCUT2D eigenvalue weighted by Gasteiger charge is 2.49. The maximum atomic E-state index is 11.5. The molecule has 0 heterocycles. The fourth-order valence-electron chi connectivity index (χ4n) is 5.42. The van der Waals surface area contributed by atoms with Crippen LogP contribution in [0.25, 0.3) is 0 Å². The number of hydrogen-bond donors (Lipinski definition) is 1. The van der Waals surface area contributed by atoms with E-state index in [1.807, 2.05) is 12.1 Å². The topological polar surface area (TPSA) is 37.3 Å². The number of hydrogen-bond acceptors (Lipinski definition) is 1. The zero-order valence-corrected chi connectivity index (χ0v) is 12.3. The highest BCUT2D eigenvalue weighted by molar-refractivity contribution is 5.89. The minimum atomic E-state index is -0.760. The number of benzene rings is 1. The Morgan fingerprint density at radius 1 is 0.950 bits per heavy atom.